The van der Waals surface area contributed by atoms with Gasteiger partial charge in [0.05, 0.1) is 5.56 Å². The van der Waals surface area contributed by atoms with Crippen molar-refractivity contribution in [1.82, 2.24) is 4.90 Å². The summed E-state index contributed by atoms with van der Waals surface area (Å²) >= 11 is 0. The molecule has 1 aliphatic rings. The van der Waals surface area contributed by atoms with Gasteiger partial charge >= 0.3 is 0 Å². The maximum atomic E-state index is 14.0. The second-order valence-corrected chi connectivity index (χ2v) is 6.98. The molecule has 1 N–H and O–H groups in total. The van der Waals surface area contributed by atoms with Crippen molar-refractivity contribution in [2.75, 3.05) is 5.32 Å². The van der Waals surface area contributed by atoms with Crippen LogP contribution in [-0.2, 0) is 6.54 Å². The molecule has 0 bridgehead atoms. The van der Waals surface area contributed by atoms with E-state index in [-0.39, 0.29) is 11.6 Å². The first-order valence-electron chi connectivity index (χ1n) is 9.23. The summed E-state index contributed by atoms with van der Waals surface area (Å²) in [6.45, 7) is 12.9. The summed E-state index contributed by atoms with van der Waals surface area (Å²) < 4.78 is 14.0. The molecule has 4 heteroatoms. The fourth-order valence-electron chi connectivity index (χ4n) is 3.53. The minimum atomic E-state index is -0.512. The van der Waals surface area contributed by atoms with E-state index in [2.05, 4.69) is 30.3 Å². The van der Waals surface area contributed by atoms with Crippen LogP contribution < -0.4 is 5.32 Å². The number of hydrogen-bond acceptors (Lipinski definition) is 2. The number of amides is 1. The Morgan fingerprint density at radius 1 is 1.33 bits per heavy atom. The zero-order chi connectivity index (χ0) is 19.6. The van der Waals surface area contributed by atoms with Gasteiger partial charge in [-0.2, -0.15) is 0 Å². The number of carbonyl (C=O) groups is 1. The molecular weight excluding hydrogens is 339 g/mol. The minimum Gasteiger partial charge on any atom is -0.361 e. The summed E-state index contributed by atoms with van der Waals surface area (Å²) in [5.41, 5.74) is 4.64. The molecule has 0 fully saturated rings. The van der Waals surface area contributed by atoms with Crippen LogP contribution in [0.15, 0.2) is 55.6 Å². The molecule has 1 heterocycles. The number of halogens is 1. The van der Waals surface area contributed by atoms with Crippen LogP contribution in [0.1, 0.15) is 46.8 Å². The van der Waals surface area contributed by atoms with Crippen molar-refractivity contribution in [1.29, 1.82) is 0 Å². The molecule has 0 saturated heterocycles. The number of nitrogens with one attached hydrogen (secondary N) is 1. The van der Waals surface area contributed by atoms with E-state index in [1.54, 1.807) is 13.0 Å². The highest BCUT2D eigenvalue weighted by Crippen LogP contribution is 2.36. The minimum absolute atomic E-state index is 0.0433. The average Bonchev–Trinajstić information content (AvgIpc) is 2.95. The van der Waals surface area contributed by atoms with Crippen LogP contribution in [0.3, 0.4) is 0 Å². The first-order chi connectivity index (χ1) is 12.9. The Morgan fingerprint density at radius 3 is 2.78 bits per heavy atom. The molecule has 0 aromatic heterocycles. The topological polar surface area (TPSA) is 32.3 Å². The predicted octanol–water partition coefficient (Wildman–Crippen LogP) is 5.53. The van der Waals surface area contributed by atoms with E-state index in [9.17, 15) is 9.18 Å². The third-order valence-corrected chi connectivity index (χ3v) is 4.99. The molecule has 1 amide bonds. The van der Waals surface area contributed by atoms with Gasteiger partial charge in [0.15, 0.2) is 0 Å². The van der Waals surface area contributed by atoms with Crippen LogP contribution in [-0.4, -0.2) is 16.8 Å². The first-order valence-corrected chi connectivity index (χ1v) is 9.23. The van der Waals surface area contributed by atoms with Gasteiger partial charge in [-0.1, -0.05) is 38.1 Å². The summed E-state index contributed by atoms with van der Waals surface area (Å²) in [7, 11) is 0. The fourth-order valence-corrected chi connectivity index (χ4v) is 3.53. The molecule has 1 atom stereocenters. The van der Waals surface area contributed by atoms with Crippen molar-refractivity contribution in [2.45, 2.75) is 39.3 Å². The maximum absolute atomic E-state index is 14.0. The molecule has 3 nitrogen and oxygen atoms in total. The van der Waals surface area contributed by atoms with Crippen molar-refractivity contribution < 1.29 is 9.18 Å². The van der Waals surface area contributed by atoms with E-state index in [0.717, 1.165) is 41.8 Å². The molecule has 0 aliphatic carbocycles. The smallest absolute Gasteiger partial charge is 0.258 e. The molecule has 140 valence electrons. The lowest BCUT2D eigenvalue weighted by Gasteiger charge is -2.27. The number of hydrogen-bond donors (Lipinski definition) is 1. The van der Waals surface area contributed by atoms with Crippen LogP contribution in [0.4, 0.5) is 10.1 Å². The Balaban J connectivity index is 1.79. The van der Waals surface area contributed by atoms with Gasteiger partial charge in [-0.25, -0.2) is 4.39 Å². The Morgan fingerprint density at radius 2 is 2.11 bits per heavy atom. The third kappa shape index (κ3) is 3.80. The van der Waals surface area contributed by atoms with Crippen LogP contribution in [0.2, 0.25) is 0 Å². The highest BCUT2D eigenvalue weighted by molar-refractivity contribution is 6.04. The SMILES string of the molecule is C=CC(CCC)N1Cc2cc(NC(=O)c3ccc(C)cc3F)ccc2C1=C. The summed E-state index contributed by atoms with van der Waals surface area (Å²) in [5.74, 6) is -0.960. The molecular formula is C23H25FN2O. The zero-order valence-corrected chi connectivity index (χ0v) is 15.9. The first kappa shape index (κ1) is 18.9. The third-order valence-electron chi connectivity index (χ3n) is 4.99. The van der Waals surface area contributed by atoms with Gasteiger partial charge in [-0.3, -0.25) is 4.79 Å². The summed E-state index contributed by atoms with van der Waals surface area (Å²) in [4.78, 5) is 14.7. The molecule has 0 radical (unpaired) electrons. The van der Waals surface area contributed by atoms with Gasteiger partial charge < -0.3 is 10.2 Å². The lowest BCUT2D eigenvalue weighted by atomic mass is 10.1. The highest BCUT2D eigenvalue weighted by Gasteiger charge is 2.27. The number of aryl methyl sites for hydroxylation is 1. The number of anilines is 1. The zero-order valence-electron chi connectivity index (χ0n) is 15.9. The number of benzene rings is 2. The Labute approximate surface area is 160 Å². The van der Waals surface area contributed by atoms with Crippen molar-refractivity contribution in [2.24, 2.45) is 0 Å². The largest absolute Gasteiger partial charge is 0.361 e. The van der Waals surface area contributed by atoms with Crippen molar-refractivity contribution >= 4 is 17.3 Å². The van der Waals surface area contributed by atoms with E-state index in [0.29, 0.717) is 5.69 Å². The standard InChI is InChI=1S/C23H25FN2O/c1-5-7-19(6-2)26-14-17-13-18(9-11-20(17)16(26)4)25-23(27)21-10-8-15(3)12-22(21)24/h6,8-13,19H,2,4-5,7,14H2,1,3H3,(H,25,27). The second kappa shape index (κ2) is 7.78. The van der Waals surface area contributed by atoms with Gasteiger partial charge in [-0.05, 0) is 48.7 Å². The lowest BCUT2D eigenvalue weighted by Crippen LogP contribution is -2.27. The highest BCUT2D eigenvalue weighted by atomic mass is 19.1. The van der Waals surface area contributed by atoms with E-state index in [4.69, 9.17) is 0 Å². The van der Waals surface area contributed by atoms with E-state index in [1.165, 1.54) is 12.1 Å². The van der Waals surface area contributed by atoms with Crippen LogP contribution in [0.5, 0.6) is 0 Å². The van der Waals surface area contributed by atoms with E-state index in [1.807, 2.05) is 24.3 Å². The number of fused-ring (bicyclic) bond motifs is 1. The summed E-state index contributed by atoms with van der Waals surface area (Å²) in [6.07, 6.45) is 4.05. The molecule has 0 saturated carbocycles. The van der Waals surface area contributed by atoms with Gasteiger partial charge in [0, 0.05) is 29.5 Å². The predicted molar refractivity (Wildman–Crippen MR) is 109 cm³/mol. The van der Waals surface area contributed by atoms with Crippen molar-refractivity contribution in [3.8, 4) is 0 Å². The van der Waals surface area contributed by atoms with Crippen molar-refractivity contribution in [3.05, 3.63) is 83.7 Å². The van der Waals surface area contributed by atoms with Crippen LogP contribution in [0, 0.1) is 12.7 Å². The van der Waals surface area contributed by atoms with Crippen molar-refractivity contribution in [3.63, 3.8) is 0 Å². The molecule has 2 aromatic rings. The van der Waals surface area contributed by atoms with Gasteiger partial charge in [0.2, 0.25) is 0 Å². The van der Waals surface area contributed by atoms with Crippen LogP contribution in [0.25, 0.3) is 5.70 Å². The molecule has 27 heavy (non-hydrogen) atoms. The number of carbonyl (C=O) groups excluding carboxylic acids is 1. The summed E-state index contributed by atoms with van der Waals surface area (Å²) in [6, 6.07) is 10.6. The van der Waals surface area contributed by atoms with E-state index >= 15 is 0 Å². The van der Waals surface area contributed by atoms with Gasteiger partial charge in [-0.15, -0.1) is 6.58 Å². The van der Waals surface area contributed by atoms with E-state index < -0.39 is 11.7 Å². The second-order valence-electron chi connectivity index (χ2n) is 6.98. The fraction of sp³-hybridized carbons (Fsp3) is 0.261. The van der Waals surface area contributed by atoms with Gasteiger partial charge in [0.25, 0.3) is 5.91 Å². The monoisotopic (exact) mass is 364 g/mol. The molecule has 1 unspecified atom stereocenters. The Hall–Kier alpha value is -2.88. The quantitative estimate of drug-likeness (QED) is 0.684. The molecule has 2 aromatic carbocycles. The Kier molecular flexibility index (Phi) is 5.45. The molecule has 3 rings (SSSR count). The lowest BCUT2D eigenvalue weighted by molar-refractivity contribution is 0.102. The molecule has 1 aliphatic heterocycles. The number of nitrogens with zero attached hydrogens (tertiary/aromatic N) is 1. The normalized spacial score (nSPS) is 14.0. The maximum Gasteiger partial charge on any atom is 0.258 e. The van der Waals surface area contributed by atoms with Crippen LogP contribution >= 0.6 is 0 Å². The Bertz CT molecular complexity index is 903. The average molecular weight is 364 g/mol. The number of rotatable bonds is 6. The summed E-state index contributed by atoms with van der Waals surface area (Å²) in [5, 5.41) is 2.80. The molecule has 0 spiro atoms. The van der Waals surface area contributed by atoms with Gasteiger partial charge in [0.1, 0.15) is 5.82 Å².